The Labute approximate surface area is 129 Å². The minimum absolute atomic E-state index is 0.134. The highest BCUT2D eigenvalue weighted by Gasteiger charge is 2.16. The number of nitrogens with one attached hydrogen (secondary N) is 1. The standard InChI is InChI=1S/C16H18ClNO3/c1-11(14-4-2-5-19-14)18-10-12-8-13(17)16-15(9-12)20-6-3-7-21-16/h2,4-5,8-9,11,18H,3,6-7,10H2,1H3/t11-/m0/s1. The van der Waals surface area contributed by atoms with Gasteiger partial charge in [0.05, 0.1) is 30.5 Å². The summed E-state index contributed by atoms with van der Waals surface area (Å²) in [6, 6.07) is 7.87. The van der Waals surface area contributed by atoms with E-state index in [9.17, 15) is 0 Å². The smallest absolute Gasteiger partial charge is 0.179 e. The van der Waals surface area contributed by atoms with E-state index in [0.717, 1.165) is 23.5 Å². The third-order valence-corrected chi connectivity index (χ3v) is 3.73. The summed E-state index contributed by atoms with van der Waals surface area (Å²) in [5, 5.41) is 4.00. The largest absolute Gasteiger partial charge is 0.489 e. The van der Waals surface area contributed by atoms with Crippen LogP contribution in [0, 0.1) is 0 Å². The molecule has 1 aromatic carbocycles. The lowest BCUT2D eigenvalue weighted by atomic mass is 10.1. The van der Waals surface area contributed by atoms with Gasteiger partial charge in [-0.2, -0.15) is 0 Å². The zero-order valence-electron chi connectivity index (χ0n) is 11.9. The molecular formula is C16H18ClNO3. The van der Waals surface area contributed by atoms with Crippen LogP contribution in [0.2, 0.25) is 5.02 Å². The second-order valence-corrected chi connectivity index (χ2v) is 5.48. The number of halogens is 1. The predicted octanol–water partition coefficient (Wildman–Crippen LogP) is 3.95. The van der Waals surface area contributed by atoms with Crippen LogP contribution in [0.5, 0.6) is 11.5 Å². The molecule has 1 aliphatic heterocycles. The summed E-state index contributed by atoms with van der Waals surface area (Å²) in [5.74, 6) is 2.29. The molecule has 0 bridgehead atoms. The van der Waals surface area contributed by atoms with E-state index < -0.39 is 0 Å². The van der Waals surface area contributed by atoms with Gasteiger partial charge in [0.2, 0.25) is 0 Å². The first-order valence-corrected chi connectivity index (χ1v) is 7.46. The molecule has 1 aliphatic rings. The van der Waals surface area contributed by atoms with E-state index in [2.05, 4.69) is 12.2 Å². The number of hydrogen-bond acceptors (Lipinski definition) is 4. The van der Waals surface area contributed by atoms with Crippen LogP contribution in [0.1, 0.15) is 30.7 Å². The van der Waals surface area contributed by atoms with Crippen LogP contribution in [0.25, 0.3) is 0 Å². The van der Waals surface area contributed by atoms with Gasteiger partial charge >= 0.3 is 0 Å². The van der Waals surface area contributed by atoms with E-state index in [1.54, 1.807) is 6.26 Å². The van der Waals surface area contributed by atoms with Crippen molar-refractivity contribution in [3.63, 3.8) is 0 Å². The monoisotopic (exact) mass is 307 g/mol. The van der Waals surface area contributed by atoms with Gasteiger partial charge in [0, 0.05) is 13.0 Å². The molecule has 0 aliphatic carbocycles. The predicted molar refractivity (Wildman–Crippen MR) is 81.0 cm³/mol. The van der Waals surface area contributed by atoms with Gasteiger partial charge < -0.3 is 19.2 Å². The summed E-state index contributed by atoms with van der Waals surface area (Å²) in [6.45, 7) is 4.03. The second kappa shape index (κ2) is 6.41. The van der Waals surface area contributed by atoms with Crippen LogP contribution in [-0.4, -0.2) is 13.2 Å². The zero-order valence-corrected chi connectivity index (χ0v) is 12.7. The first-order valence-electron chi connectivity index (χ1n) is 7.09. The Morgan fingerprint density at radius 2 is 2.14 bits per heavy atom. The van der Waals surface area contributed by atoms with Gasteiger partial charge in [-0.3, -0.25) is 0 Å². The number of rotatable bonds is 4. The summed E-state index contributed by atoms with van der Waals surface area (Å²) >= 11 is 6.28. The Hall–Kier alpha value is -1.65. The van der Waals surface area contributed by atoms with Crippen LogP contribution < -0.4 is 14.8 Å². The molecule has 0 unspecified atom stereocenters. The molecule has 1 atom stereocenters. The maximum absolute atomic E-state index is 6.28. The third-order valence-electron chi connectivity index (χ3n) is 3.44. The Kier molecular flexibility index (Phi) is 4.36. The summed E-state index contributed by atoms with van der Waals surface area (Å²) in [4.78, 5) is 0. The van der Waals surface area contributed by atoms with Crippen molar-refractivity contribution in [2.75, 3.05) is 13.2 Å². The zero-order chi connectivity index (χ0) is 14.7. The van der Waals surface area contributed by atoms with Gasteiger partial charge in [0.15, 0.2) is 11.5 Å². The van der Waals surface area contributed by atoms with E-state index in [4.69, 9.17) is 25.5 Å². The number of fused-ring (bicyclic) bond motifs is 1. The molecule has 1 aromatic heterocycles. The van der Waals surface area contributed by atoms with E-state index in [1.165, 1.54) is 0 Å². The molecule has 0 spiro atoms. The fourth-order valence-corrected chi connectivity index (χ4v) is 2.58. The van der Waals surface area contributed by atoms with Gasteiger partial charge in [-0.05, 0) is 36.8 Å². The molecule has 4 nitrogen and oxygen atoms in total. The maximum Gasteiger partial charge on any atom is 0.179 e. The van der Waals surface area contributed by atoms with E-state index in [0.29, 0.717) is 30.5 Å². The topological polar surface area (TPSA) is 43.6 Å². The van der Waals surface area contributed by atoms with E-state index in [1.807, 2.05) is 24.3 Å². The third kappa shape index (κ3) is 3.34. The van der Waals surface area contributed by atoms with Crippen molar-refractivity contribution in [3.8, 4) is 11.5 Å². The SMILES string of the molecule is C[C@H](NCc1cc(Cl)c2c(c1)OCCCO2)c1ccco1. The van der Waals surface area contributed by atoms with Crippen molar-refractivity contribution in [3.05, 3.63) is 46.9 Å². The molecule has 1 N–H and O–H groups in total. The van der Waals surface area contributed by atoms with Crippen molar-refractivity contribution in [2.45, 2.75) is 25.9 Å². The maximum atomic E-state index is 6.28. The average molecular weight is 308 g/mol. The molecule has 0 amide bonds. The van der Waals surface area contributed by atoms with Gasteiger partial charge in [-0.15, -0.1) is 0 Å². The highest BCUT2D eigenvalue weighted by molar-refractivity contribution is 6.32. The van der Waals surface area contributed by atoms with E-state index >= 15 is 0 Å². The summed E-state index contributed by atoms with van der Waals surface area (Å²) in [6.07, 6.45) is 2.55. The number of benzene rings is 1. The first kappa shape index (κ1) is 14.3. The molecule has 112 valence electrons. The number of furan rings is 1. The first-order chi connectivity index (χ1) is 10.2. The van der Waals surface area contributed by atoms with Gasteiger partial charge in [-0.25, -0.2) is 0 Å². The molecular weight excluding hydrogens is 290 g/mol. The Balaban J connectivity index is 1.71. The second-order valence-electron chi connectivity index (χ2n) is 5.07. The fraction of sp³-hybridized carbons (Fsp3) is 0.375. The fourth-order valence-electron chi connectivity index (χ4n) is 2.30. The van der Waals surface area contributed by atoms with Crippen LogP contribution in [-0.2, 0) is 6.54 Å². The lowest BCUT2D eigenvalue weighted by molar-refractivity contribution is 0.297. The molecule has 0 radical (unpaired) electrons. The number of hydrogen-bond donors (Lipinski definition) is 1. The molecule has 0 saturated heterocycles. The summed E-state index contributed by atoms with van der Waals surface area (Å²) in [5.41, 5.74) is 1.06. The van der Waals surface area contributed by atoms with Gasteiger partial charge in [-0.1, -0.05) is 11.6 Å². The van der Waals surface area contributed by atoms with Crippen LogP contribution in [0.3, 0.4) is 0 Å². The van der Waals surface area contributed by atoms with Gasteiger partial charge in [0.25, 0.3) is 0 Å². The van der Waals surface area contributed by atoms with Crippen molar-refractivity contribution >= 4 is 11.6 Å². The molecule has 5 heteroatoms. The minimum Gasteiger partial charge on any atom is -0.489 e. The molecule has 3 rings (SSSR count). The van der Waals surface area contributed by atoms with Crippen LogP contribution in [0.15, 0.2) is 34.9 Å². The lowest BCUT2D eigenvalue weighted by Crippen LogP contribution is -2.17. The van der Waals surface area contributed by atoms with Crippen molar-refractivity contribution in [1.82, 2.24) is 5.32 Å². The van der Waals surface area contributed by atoms with Crippen molar-refractivity contribution in [1.29, 1.82) is 0 Å². The minimum atomic E-state index is 0.134. The highest BCUT2D eigenvalue weighted by Crippen LogP contribution is 2.38. The molecule has 0 saturated carbocycles. The Morgan fingerprint density at radius 1 is 1.29 bits per heavy atom. The normalized spacial score (nSPS) is 15.5. The molecule has 0 fully saturated rings. The van der Waals surface area contributed by atoms with Crippen LogP contribution in [0.4, 0.5) is 0 Å². The highest BCUT2D eigenvalue weighted by atomic mass is 35.5. The number of ether oxygens (including phenoxy) is 2. The van der Waals surface area contributed by atoms with Crippen LogP contribution >= 0.6 is 11.6 Å². The Morgan fingerprint density at radius 3 is 2.95 bits per heavy atom. The molecule has 2 heterocycles. The summed E-state index contributed by atoms with van der Waals surface area (Å²) < 4.78 is 16.7. The van der Waals surface area contributed by atoms with Crippen molar-refractivity contribution in [2.24, 2.45) is 0 Å². The average Bonchev–Trinajstić information content (AvgIpc) is 2.91. The summed E-state index contributed by atoms with van der Waals surface area (Å²) in [7, 11) is 0. The van der Waals surface area contributed by atoms with Gasteiger partial charge in [0.1, 0.15) is 5.76 Å². The Bertz CT molecular complexity index is 598. The lowest BCUT2D eigenvalue weighted by Gasteiger charge is -2.14. The van der Waals surface area contributed by atoms with Crippen molar-refractivity contribution < 1.29 is 13.9 Å². The molecule has 21 heavy (non-hydrogen) atoms. The van der Waals surface area contributed by atoms with E-state index in [-0.39, 0.29) is 6.04 Å². The molecule has 2 aromatic rings. The quantitative estimate of drug-likeness (QED) is 0.929.